The van der Waals surface area contributed by atoms with Gasteiger partial charge in [0, 0.05) is 56.7 Å². The molecule has 0 saturated heterocycles. The van der Waals surface area contributed by atoms with Gasteiger partial charge in [-0.05, 0) is 117 Å². The van der Waals surface area contributed by atoms with Crippen molar-refractivity contribution in [2.45, 2.75) is 0 Å². The van der Waals surface area contributed by atoms with Crippen LogP contribution in [0, 0.1) is 0 Å². The number of hydrogen-bond acceptors (Lipinski definition) is 3. The molecule has 0 aliphatic heterocycles. The lowest BCUT2D eigenvalue weighted by atomic mass is 9.84. The third-order valence-electron chi connectivity index (χ3n) is 12.5. The first kappa shape index (κ1) is 37.2. The molecule has 0 unspecified atom stereocenters. The highest BCUT2D eigenvalue weighted by Gasteiger charge is 2.24. The summed E-state index contributed by atoms with van der Waals surface area (Å²) in [6.07, 6.45) is 3.71. The van der Waals surface area contributed by atoms with Crippen LogP contribution in [-0.4, -0.2) is 14.5 Å². The predicted molar refractivity (Wildman–Crippen MR) is 268 cm³/mol. The fourth-order valence-electron chi connectivity index (χ4n) is 9.65. The molecule has 0 saturated carbocycles. The number of pyridine rings is 2. The molecule has 12 aromatic rings. The fourth-order valence-corrected chi connectivity index (χ4v) is 9.65. The summed E-state index contributed by atoms with van der Waals surface area (Å²) >= 11 is 0. The largest absolute Gasteiger partial charge is 0.310 e. The molecule has 0 atom stereocenters. The van der Waals surface area contributed by atoms with Crippen molar-refractivity contribution in [3.63, 3.8) is 0 Å². The zero-order valence-corrected chi connectivity index (χ0v) is 34.9. The summed E-state index contributed by atoms with van der Waals surface area (Å²) in [5.74, 6) is 0. The Balaban J connectivity index is 1.15. The molecular weight excluding hydrogens is 777 g/mol. The molecule has 4 heteroatoms. The van der Waals surface area contributed by atoms with E-state index in [1.807, 2.05) is 36.7 Å². The highest BCUT2D eigenvalue weighted by molar-refractivity contribution is 6.25. The number of nitrogens with zero attached hydrogens (tertiary/aromatic N) is 4. The Bertz CT molecular complexity index is 3620. The van der Waals surface area contributed by atoms with Crippen molar-refractivity contribution in [3.8, 4) is 50.5 Å². The summed E-state index contributed by atoms with van der Waals surface area (Å²) in [6.45, 7) is 0. The molecule has 3 heterocycles. The summed E-state index contributed by atoms with van der Waals surface area (Å²) < 4.78 is 2.38. The van der Waals surface area contributed by atoms with Crippen LogP contribution in [0.4, 0.5) is 17.1 Å². The molecule has 4 nitrogen and oxygen atoms in total. The minimum atomic E-state index is 0.952. The normalized spacial score (nSPS) is 11.4. The van der Waals surface area contributed by atoms with Crippen LogP contribution in [0.5, 0.6) is 0 Å². The van der Waals surface area contributed by atoms with E-state index in [9.17, 15) is 0 Å². The van der Waals surface area contributed by atoms with E-state index in [1.165, 1.54) is 49.0 Å². The molecule has 0 N–H and O–H groups in total. The Morgan fingerprint density at radius 1 is 0.328 bits per heavy atom. The first-order valence-electron chi connectivity index (χ1n) is 21.7. The number of hydrogen-bond donors (Lipinski definition) is 0. The molecule has 0 radical (unpaired) electrons. The highest BCUT2D eigenvalue weighted by atomic mass is 15.1. The maximum atomic E-state index is 4.67. The van der Waals surface area contributed by atoms with E-state index in [0.29, 0.717) is 0 Å². The van der Waals surface area contributed by atoms with Gasteiger partial charge in [0.15, 0.2) is 0 Å². The third kappa shape index (κ3) is 6.31. The van der Waals surface area contributed by atoms with E-state index < -0.39 is 0 Å². The molecule has 0 spiro atoms. The van der Waals surface area contributed by atoms with Crippen molar-refractivity contribution in [3.05, 3.63) is 243 Å². The van der Waals surface area contributed by atoms with Crippen LogP contribution in [0.1, 0.15) is 0 Å². The number of aromatic nitrogens is 3. The van der Waals surface area contributed by atoms with Gasteiger partial charge >= 0.3 is 0 Å². The topological polar surface area (TPSA) is 34.0 Å². The summed E-state index contributed by atoms with van der Waals surface area (Å²) in [5, 5.41) is 7.14. The minimum absolute atomic E-state index is 0.952. The summed E-state index contributed by atoms with van der Waals surface area (Å²) in [4.78, 5) is 11.8. The average molecular weight is 817 g/mol. The highest BCUT2D eigenvalue weighted by Crippen LogP contribution is 2.50. The lowest BCUT2D eigenvalue weighted by Gasteiger charge is -2.29. The molecule has 9 aromatic carbocycles. The van der Waals surface area contributed by atoms with E-state index in [1.54, 1.807) is 0 Å². The number of fused-ring (bicyclic) bond motifs is 5. The van der Waals surface area contributed by atoms with Crippen LogP contribution in [0.2, 0.25) is 0 Å². The lowest BCUT2D eigenvalue weighted by Crippen LogP contribution is -2.11. The van der Waals surface area contributed by atoms with Gasteiger partial charge in [-0.25, -0.2) is 0 Å². The third-order valence-corrected chi connectivity index (χ3v) is 12.5. The Kier molecular flexibility index (Phi) is 9.12. The van der Waals surface area contributed by atoms with E-state index in [4.69, 9.17) is 0 Å². The average Bonchev–Trinajstić information content (AvgIpc) is 3.71. The zero-order valence-electron chi connectivity index (χ0n) is 34.9. The van der Waals surface area contributed by atoms with Gasteiger partial charge in [0.1, 0.15) is 0 Å². The molecule has 3 aromatic heterocycles. The van der Waals surface area contributed by atoms with E-state index in [2.05, 4.69) is 226 Å². The monoisotopic (exact) mass is 816 g/mol. The van der Waals surface area contributed by atoms with Gasteiger partial charge in [-0.1, -0.05) is 152 Å². The van der Waals surface area contributed by atoms with Crippen molar-refractivity contribution in [1.82, 2.24) is 14.5 Å². The summed E-state index contributed by atoms with van der Waals surface area (Å²) in [5.41, 5.74) is 15.5. The SMILES string of the molecule is c1ccc(N(c2ccc3c(c2)c2ccccc2n3-c2ccccc2)c2cccc3c(-c4ccc(-c5ccccn5)cc4)c4ccccc4c(-c4ccc(-c5ccccn5)cc4)c23)cc1. The Hall–Kier alpha value is -8.60. The summed E-state index contributed by atoms with van der Waals surface area (Å²) in [7, 11) is 0. The van der Waals surface area contributed by atoms with Crippen molar-refractivity contribution in [1.29, 1.82) is 0 Å². The van der Waals surface area contributed by atoms with Crippen LogP contribution in [0.25, 0.3) is 93.8 Å². The second-order valence-corrected chi connectivity index (χ2v) is 16.1. The van der Waals surface area contributed by atoms with Crippen LogP contribution >= 0.6 is 0 Å². The van der Waals surface area contributed by atoms with Gasteiger partial charge in [-0.2, -0.15) is 0 Å². The zero-order chi connectivity index (χ0) is 42.4. The smallest absolute Gasteiger partial charge is 0.0701 e. The van der Waals surface area contributed by atoms with Crippen LogP contribution in [0.15, 0.2) is 243 Å². The minimum Gasteiger partial charge on any atom is -0.310 e. The Morgan fingerprint density at radius 3 is 1.48 bits per heavy atom. The van der Waals surface area contributed by atoms with E-state index in [0.717, 1.165) is 61.9 Å². The Morgan fingerprint density at radius 2 is 0.844 bits per heavy atom. The van der Waals surface area contributed by atoms with E-state index in [-0.39, 0.29) is 0 Å². The van der Waals surface area contributed by atoms with Crippen molar-refractivity contribution in [2.75, 3.05) is 4.90 Å². The molecular formula is C60H40N4. The molecule has 0 aliphatic rings. The molecule has 0 fully saturated rings. The molecule has 64 heavy (non-hydrogen) atoms. The maximum absolute atomic E-state index is 4.67. The van der Waals surface area contributed by atoms with Gasteiger partial charge < -0.3 is 9.47 Å². The number of anilines is 3. The van der Waals surface area contributed by atoms with E-state index >= 15 is 0 Å². The van der Waals surface area contributed by atoms with Crippen LogP contribution in [0.3, 0.4) is 0 Å². The van der Waals surface area contributed by atoms with Crippen LogP contribution < -0.4 is 4.90 Å². The molecule has 0 bridgehead atoms. The van der Waals surface area contributed by atoms with Gasteiger partial charge in [-0.3, -0.25) is 9.97 Å². The Labute approximate surface area is 371 Å². The first-order chi connectivity index (χ1) is 31.8. The van der Waals surface area contributed by atoms with Crippen molar-refractivity contribution in [2.24, 2.45) is 0 Å². The van der Waals surface area contributed by atoms with Crippen molar-refractivity contribution < 1.29 is 0 Å². The first-order valence-corrected chi connectivity index (χ1v) is 21.7. The predicted octanol–water partition coefficient (Wildman–Crippen LogP) is 16.0. The molecule has 0 aliphatic carbocycles. The van der Waals surface area contributed by atoms with Gasteiger partial charge in [0.2, 0.25) is 0 Å². The number of benzene rings is 9. The molecule has 300 valence electrons. The number of para-hydroxylation sites is 3. The second-order valence-electron chi connectivity index (χ2n) is 16.1. The van der Waals surface area contributed by atoms with Crippen molar-refractivity contribution >= 4 is 60.4 Å². The second kappa shape index (κ2) is 15.7. The van der Waals surface area contributed by atoms with Crippen LogP contribution in [-0.2, 0) is 0 Å². The molecule has 0 amide bonds. The van der Waals surface area contributed by atoms with Gasteiger partial charge in [-0.15, -0.1) is 0 Å². The summed E-state index contributed by atoms with van der Waals surface area (Å²) in [6, 6.07) is 82.9. The van der Waals surface area contributed by atoms with Gasteiger partial charge in [0.05, 0.1) is 28.1 Å². The maximum Gasteiger partial charge on any atom is 0.0701 e. The number of rotatable bonds is 8. The molecule has 12 rings (SSSR count). The van der Waals surface area contributed by atoms with Gasteiger partial charge in [0.25, 0.3) is 0 Å². The standard InChI is InChI=1S/C60H40N4/c1-3-16-45(17-4-1)63(47-36-37-56-52(40-47)48-20-9-10-26-55(48)64(56)46-18-5-2-6-19-46)57-27-15-23-51-58(43-32-28-41(29-33-43)53-24-11-13-38-61-53)49-21-7-8-22-50(49)59(60(51)57)44-34-30-42(31-35-44)54-25-12-14-39-62-54/h1-40H. The lowest BCUT2D eigenvalue weighted by molar-refractivity contribution is 1.18. The quantitative estimate of drug-likeness (QED) is 0.143. The fraction of sp³-hybridized carbons (Fsp3) is 0.